The van der Waals surface area contributed by atoms with E-state index >= 15 is 0 Å². The number of aryl methyl sites for hydroxylation is 1. The van der Waals surface area contributed by atoms with Gasteiger partial charge in [0.1, 0.15) is 11.7 Å². The van der Waals surface area contributed by atoms with Crippen molar-refractivity contribution in [3.63, 3.8) is 0 Å². The van der Waals surface area contributed by atoms with Crippen LogP contribution in [0, 0.1) is 10.1 Å². The van der Waals surface area contributed by atoms with Crippen LogP contribution in [0.1, 0.15) is 32.4 Å². The fourth-order valence-electron chi connectivity index (χ4n) is 1.54. The summed E-state index contributed by atoms with van der Waals surface area (Å²) >= 11 is 0. The average molecular weight is 255 g/mol. The summed E-state index contributed by atoms with van der Waals surface area (Å²) in [5.41, 5.74) is 5.39. The second kappa shape index (κ2) is 5.03. The van der Waals surface area contributed by atoms with Crippen LogP contribution < -0.4 is 11.1 Å². The van der Waals surface area contributed by atoms with Crippen molar-refractivity contribution in [2.45, 2.75) is 32.7 Å². The third-order valence-corrected chi connectivity index (χ3v) is 2.56. The number of anilines is 1. The van der Waals surface area contributed by atoms with Crippen LogP contribution in [-0.2, 0) is 11.8 Å². The standard InChI is InChI=1S/C10H17N5O3/c1-5(2)7-8(15(17)18)10(14(4)13-7)12-6(3)9(11)16/h5-6,12H,1-4H3,(H2,11,16). The molecule has 0 saturated carbocycles. The molecule has 0 spiro atoms. The molecule has 1 heterocycles. The zero-order valence-electron chi connectivity index (χ0n) is 10.8. The van der Waals surface area contributed by atoms with Crippen molar-refractivity contribution in [1.82, 2.24) is 9.78 Å². The van der Waals surface area contributed by atoms with Crippen molar-refractivity contribution in [3.05, 3.63) is 15.8 Å². The van der Waals surface area contributed by atoms with E-state index in [9.17, 15) is 14.9 Å². The van der Waals surface area contributed by atoms with E-state index in [0.29, 0.717) is 5.69 Å². The van der Waals surface area contributed by atoms with Gasteiger partial charge in [0.2, 0.25) is 11.7 Å². The minimum atomic E-state index is -0.709. The summed E-state index contributed by atoms with van der Waals surface area (Å²) in [5, 5.41) is 17.9. The lowest BCUT2D eigenvalue weighted by Gasteiger charge is -2.10. The average Bonchev–Trinajstić information content (AvgIpc) is 2.56. The number of aromatic nitrogens is 2. The van der Waals surface area contributed by atoms with Gasteiger partial charge in [0.15, 0.2) is 0 Å². The smallest absolute Gasteiger partial charge is 0.334 e. The van der Waals surface area contributed by atoms with Crippen LogP contribution in [0.15, 0.2) is 0 Å². The lowest BCUT2D eigenvalue weighted by atomic mass is 10.1. The fraction of sp³-hybridized carbons (Fsp3) is 0.600. The minimum Gasteiger partial charge on any atom is -0.368 e. The van der Waals surface area contributed by atoms with E-state index in [1.165, 1.54) is 11.6 Å². The summed E-state index contributed by atoms with van der Waals surface area (Å²) in [5.74, 6) is -0.484. The lowest BCUT2D eigenvalue weighted by Crippen LogP contribution is -2.33. The Kier molecular flexibility index (Phi) is 3.89. The highest BCUT2D eigenvalue weighted by atomic mass is 16.6. The first-order valence-corrected chi connectivity index (χ1v) is 5.52. The van der Waals surface area contributed by atoms with E-state index in [1.54, 1.807) is 7.05 Å². The molecular weight excluding hydrogens is 238 g/mol. The molecule has 1 atom stereocenters. The molecule has 0 aliphatic rings. The fourth-order valence-corrected chi connectivity index (χ4v) is 1.54. The zero-order valence-corrected chi connectivity index (χ0v) is 10.8. The Balaban J connectivity index is 3.26. The highest BCUT2D eigenvalue weighted by Gasteiger charge is 2.29. The number of nitrogens with one attached hydrogen (secondary N) is 1. The first-order chi connectivity index (χ1) is 8.25. The number of hydrogen-bond donors (Lipinski definition) is 2. The minimum absolute atomic E-state index is 0.0870. The predicted molar refractivity (Wildman–Crippen MR) is 66.2 cm³/mol. The summed E-state index contributed by atoms with van der Waals surface area (Å²) in [6.07, 6.45) is 0. The maximum absolute atomic E-state index is 11.1. The molecule has 0 bridgehead atoms. The largest absolute Gasteiger partial charge is 0.368 e. The van der Waals surface area contributed by atoms with E-state index in [0.717, 1.165) is 0 Å². The molecule has 1 aromatic heterocycles. The highest BCUT2D eigenvalue weighted by Crippen LogP contribution is 2.32. The first-order valence-electron chi connectivity index (χ1n) is 5.52. The van der Waals surface area contributed by atoms with Crippen molar-refractivity contribution in [1.29, 1.82) is 0 Å². The van der Waals surface area contributed by atoms with Gasteiger partial charge in [0, 0.05) is 13.0 Å². The van der Waals surface area contributed by atoms with E-state index in [1.807, 2.05) is 13.8 Å². The van der Waals surface area contributed by atoms with Gasteiger partial charge in [0.05, 0.1) is 4.92 Å². The normalized spacial score (nSPS) is 12.5. The number of hydrogen-bond acceptors (Lipinski definition) is 5. The first kappa shape index (κ1) is 13.9. The van der Waals surface area contributed by atoms with Crippen molar-refractivity contribution in [3.8, 4) is 0 Å². The van der Waals surface area contributed by atoms with E-state index < -0.39 is 16.9 Å². The number of rotatable bonds is 5. The lowest BCUT2D eigenvalue weighted by molar-refractivity contribution is -0.384. The van der Waals surface area contributed by atoms with Gasteiger partial charge in [0.25, 0.3) is 0 Å². The molecule has 0 aromatic carbocycles. The number of nitrogens with zero attached hydrogens (tertiary/aromatic N) is 3. The monoisotopic (exact) mass is 255 g/mol. The van der Waals surface area contributed by atoms with E-state index in [4.69, 9.17) is 5.73 Å². The molecule has 100 valence electrons. The Hall–Kier alpha value is -2.12. The molecule has 1 aromatic rings. The Morgan fingerprint density at radius 2 is 2.06 bits per heavy atom. The number of amides is 1. The summed E-state index contributed by atoms with van der Waals surface area (Å²) < 4.78 is 1.35. The van der Waals surface area contributed by atoms with Gasteiger partial charge in [-0.05, 0) is 6.92 Å². The van der Waals surface area contributed by atoms with E-state index in [2.05, 4.69) is 10.4 Å². The molecule has 8 heteroatoms. The SMILES string of the molecule is CC(Nc1c([N+](=O)[O-])c(C(C)C)nn1C)C(N)=O. The molecule has 1 rings (SSSR count). The summed E-state index contributed by atoms with van der Waals surface area (Å²) in [6, 6.07) is -0.709. The second-order valence-electron chi connectivity index (χ2n) is 4.39. The van der Waals surface area contributed by atoms with Crippen LogP contribution in [0.5, 0.6) is 0 Å². The molecule has 0 radical (unpaired) electrons. The Bertz CT molecular complexity index is 480. The number of primary amides is 1. The van der Waals surface area contributed by atoms with Crippen molar-refractivity contribution in [2.24, 2.45) is 12.8 Å². The molecule has 18 heavy (non-hydrogen) atoms. The summed E-state index contributed by atoms with van der Waals surface area (Å²) in [7, 11) is 1.58. The second-order valence-corrected chi connectivity index (χ2v) is 4.39. The molecule has 0 saturated heterocycles. The Labute approximate surface area is 104 Å². The molecule has 1 unspecified atom stereocenters. The van der Waals surface area contributed by atoms with Crippen LogP contribution in [0.2, 0.25) is 0 Å². The topological polar surface area (TPSA) is 116 Å². The van der Waals surface area contributed by atoms with Gasteiger partial charge in [-0.2, -0.15) is 5.10 Å². The van der Waals surface area contributed by atoms with Gasteiger partial charge in [-0.15, -0.1) is 0 Å². The highest BCUT2D eigenvalue weighted by molar-refractivity contribution is 5.83. The third kappa shape index (κ3) is 2.58. The van der Waals surface area contributed by atoms with Gasteiger partial charge < -0.3 is 11.1 Å². The number of carbonyl (C=O) groups is 1. The summed E-state index contributed by atoms with van der Waals surface area (Å²) in [6.45, 7) is 5.17. The number of nitro groups is 1. The van der Waals surface area contributed by atoms with Crippen LogP contribution in [0.4, 0.5) is 11.5 Å². The van der Waals surface area contributed by atoms with Crippen molar-refractivity contribution >= 4 is 17.4 Å². The molecule has 8 nitrogen and oxygen atoms in total. The van der Waals surface area contributed by atoms with Gasteiger partial charge in [-0.3, -0.25) is 14.9 Å². The van der Waals surface area contributed by atoms with Gasteiger partial charge >= 0.3 is 5.69 Å². The Morgan fingerprint density at radius 1 is 1.50 bits per heavy atom. The molecule has 0 aliphatic heterocycles. The predicted octanol–water partition coefficient (Wildman–Crippen LogP) is 0.737. The maximum Gasteiger partial charge on any atom is 0.334 e. The number of nitrogens with two attached hydrogens (primary N) is 1. The van der Waals surface area contributed by atoms with E-state index in [-0.39, 0.29) is 17.4 Å². The quantitative estimate of drug-likeness (QED) is 0.594. The molecule has 1 amide bonds. The maximum atomic E-state index is 11.1. The number of carbonyl (C=O) groups excluding carboxylic acids is 1. The summed E-state index contributed by atoms with van der Waals surface area (Å²) in [4.78, 5) is 21.6. The molecular formula is C10H17N5O3. The van der Waals surface area contributed by atoms with Gasteiger partial charge in [-0.25, -0.2) is 4.68 Å². The molecule has 3 N–H and O–H groups in total. The zero-order chi connectivity index (χ0) is 14.0. The van der Waals surface area contributed by atoms with Crippen molar-refractivity contribution in [2.75, 3.05) is 5.32 Å². The van der Waals surface area contributed by atoms with Crippen LogP contribution >= 0.6 is 0 Å². The molecule has 0 aliphatic carbocycles. The molecule has 0 fully saturated rings. The Morgan fingerprint density at radius 3 is 2.44 bits per heavy atom. The van der Waals surface area contributed by atoms with Crippen LogP contribution in [0.3, 0.4) is 0 Å². The third-order valence-electron chi connectivity index (χ3n) is 2.56. The van der Waals surface area contributed by atoms with Crippen LogP contribution in [-0.4, -0.2) is 26.7 Å². The van der Waals surface area contributed by atoms with Crippen molar-refractivity contribution < 1.29 is 9.72 Å². The van der Waals surface area contributed by atoms with Crippen LogP contribution in [0.25, 0.3) is 0 Å². The van der Waals surface area contributed by atoms with Gasteiger partial charge in [-0.1, -0.05) is 13.8 Å².